The van der Waals surface area contributed by atoms with Crippen LogP contribution >= 0.6 is 0 Å². The Kier molecular flexibility index (Phi) is 6.55. The van der Waals surface area contributed by atoms with Gasteiger partial charge < -0.3 is 24.8 Å². The quantitative estimate of drug-likeness (QED) is 0.504. The van der Waals surface area contributed by atoms with Crippen molar-refractivity contribution in [1.29, 1.82) is 0 Å². The Morgan fingerprint density at radius 2 is 2.03 bits per heavy atom. The number of anilines is 1. The zero-order valence-corrected chi connectivity index (χ0v) is 17.4. The Hall–Kier alpha value is -3.46. The summed E-state index contributed by atoms with van der Waals surface area (Å²) in [5, 5.41) is 22.4. The van der Waals surface area contributed by atoms with Gasteiger partial charge in [0.2, 0.25) is 11.3 Å². The molecule has 3 aromatic rings. The van der Waals surface area contributed by atoms with Crippen LogP contribution in [0.25, 0.3) is 11.0 Å². The number of ether oxygens (including phenoxy) is 1. The number of carboxylic acids is 1. The summed E-state index contributed by atoms with van der Waals surface area (Å²) in [6.45, 7) is 3.57. The molecule has 2 heterocycles. The number of hydrogen-bond acceptors (Lipinski definition) is 6. The predicted molar refractivity (Wildman–Crippen MR) is 114 cm³/mol. The number of nitrogens with zero attached hydrogens (tertiary/aromatic N) is 2. The van der Waals surface area contributed by atoms with Crippen LogP contribution in [0.3, 0.4) is 0 Å². The maximum absolute atomic E-state index is 14.0. The molecule has 0 saturated carbocycles. The first-order valence-corrected chi connectivity index (χ1v) is 9.73. The lowest BCUT2D eigenvalue weighted by Gasteiger charge is -2.24. The van der Waals surface area contributed by atoms with E-state index >= 15 is 0 Å². The van der Waals surface area contributed by atoms with Gasteiger partial charge in [-0.1, -0.05) is 32.0 Å². The van der Waals surface area contributed by atoms with Gasteiger partial charge in [-0.2, -0.15) is 4.98 Å². The second-order valence-corrected chi connectivity index (χ2v) is 7.44. The second kappa shape index (κ2) is 9.13. The van der Waals surface area contributed by atoms with E-state index in [1.54, 1.807) is 18.2 Å². The highest BCUT2D eigenvalue weighted by Gasteiger charge is 2.23. The molecular weight excluding hydrogens is 405 g/mol. The molecular formula is C22H24FN3O5. The fraction of sp³-hybridized carbons (Fsp3) is 0.318. The number of aromatic carboxylic acids is 1. The van der Waals surface area contributed by atoms with Crippen LogP contribution in [0, 0.1) is 11.7 Å². The van der Waals surface area contributed by atoms with Gasteiger partial charge >= 0.3 is 5.97 Å². The minimum atomic E-state index is -1.38. The topological polar surface area (TPSA) is 114 Å². The van der Waals surface area contributed by atoms with E-state index in [4.69, 9.17) is 4.74 Å². The molecule has 31 heavy (non-hydrogen) atoms. The zero-order chi connectivity index (χ0) is 22.7. The van der Waals surface area contributed by atoms with Crippen molar-refractivity contribution in [3.63, 3.8) is 0 Å². The molecule has 0 amide bonds. The van der Waals surface area contributed by atoms with Crippen LogP contribution in [0.1, 0.15) is 35.8 Å². The summed E-state index contributed by atoms with van der Waals surface area (Å²) in [7, 11) is 1.41. The molecule has 1 unspecified atom stereocenters. The first kappa shape index (κ1) is 22.2. The van der Waals surface area contributed by atoms with Gasteiger partial charge in [0.1, 0.15) is 17.0 Å². The van der Waals surface area contributed by atoms with Crippen molar-refractivity contribution in [2.45, 2.75) is 26.4 Å². The average molecular weight is 429 g/mol. The minimum Gasteiger partial charge on any atom is -0.479 e. The number of nitrogens with one attached hydrogen (secondary N) is 1. The van der Waals surface area contributed by atoms with Crippen LogP contribution in [-0.2, 0) is 6.54 Å². The van der Waals surface area contributed by atoms with Crippen LogP contribution in [0.15, 0.2) is 41.3 Å². The molecule has 3 N–H and O–H groups in total. The molecule has 3 rings (SSSR count). The summed E-state index contributed by atoms with van der Waals surface area (Å²) < 4.78 is 20.8. The monoisotopic (exact) mass is 429 g/mol. The van der Waals surface area contributed by atoms with E-state index in [2.05, 4.69) is 10.3 Å². The SMILES string of the molecule is COc1nc2c(cc1NCc1ccccc1F)c(=O)c(C(=O)O)cn2C(CO)C(C)C. The highest BCUT2D eigenvalue weighted by Crippen LogP contribution is 2.29. The molecule has 0 aliphatic carbocycles. The highest BCUT2D eigenvalue weighted by atomic mass is 19.1. The number of methoxy groups -OCH3 is 1. The van der Waals surface area contributed by atoms with Crippen molar-refractivity contribution in [3.8, 4) is 5.88 Å². The third-order valence-electron chi connectivity index (χ3n) is 5.13. The lowest BCUT2D eigenvalue weighted by atomic mass is 10.0. The Morgan fingerprint density at radius 1 is 1.32 bits per heavy atom. The van der Waals surface area contributed by atoms with Crippen LogP contribution < -0.4 is 15.5 Å². The molecule has 0 fully saturated rings. The smallest absolute Gasteiger partial charge is 0.341 e. The fourth-order valence-corrected chi connectivity index (χ4v) is 3.39. The fourth-order valence-electron chi connectivity index (χ4n) is 3.39. The Morgan fingerprint density at radius 3 is 2.61 bits per heavy atom. The Bertz CT molecular complexity index is 1180. The summed E-state index contributed by atoms with van der Waals surface area (Å²) in [4.78, 5) is 29.0. The summed E-state index contributed by atoms with van der Waals surface area (Å²) >= 11 is 0. The number of carbonyl (C=O) groups is 1. The van der Waals surface area contributed by atoms with Crippen molar-refractivity contribution < 1.29 is 24.1 Å². The van der Waals surface area contributed by atoms with Gasteiger partial charge in [0.15, 0.2) is 0 Å². The number of aromatic nitrogens is 2. The number of halogens is 1. The molecule has 1 atom stereocenters. The van der Waals surface area contributed by atoms with E-state index < -0.39 is 23.0 Å². The third-order valence-corrected chi connectivity index (χ3v) is 5.13. The number of hydrogen-bond donors (Lipinski definition) is 3. The standard InChI is InChI=1S/C22H24FN3O5/c1-12(2)18(11-27)26-10-15(22(29)30)19(28)14-8-17(21(31-3)25-20(14)26)24-9-13-6-4-5-7-16(13)23/h4-8,10,12,18,24,27H,9,11H2,1-3H3,(H,29,30). The molecule has 0 aliphatic heterocycles. The number of fused-ring (bicyclic) bond motifs is 1. The minimum absolute atomic E-state index is 0.0517. The molecule has 1 aromatic carbocycles. The average Bonchev–Trinajstić information content (AvgIpc) is 2.74. The molecule has 164 valence electrons. The van der Waals surface area contributed by atoms with Gasteiger partial charge in [0.25, 0.3) is 0 Å². The first-order valence-electron chi connectivity index (χ1n) is 9.73. The largest absolute Gasteiger partial charge is 0.479 e. The first-order chi connectivity index (χ1) is 14.8. The summed E-state index contributed by atoms with van der Waals surface area (Å²) in [6, 6.07) is 7.19. The summed E-state index contributed by atoms with van der Waals surface area (Å²) in [5.74, 6) is -1.68. The van der Waals surface area contributed by atoms with E-state index in [9.17, 15) is 24.2 Å². The van der Waals surface area contributed by atoms with Gasteiger partial charge in [0.05, 0.1) is 30.8 Å². The normalized spacial score (nSPS) is 12.2. The van der Waals surface area contributed by atoms with Gasteiger partial charge in [-0.25, -0.2) is 9.18 Å². The van der Waals surface area contributed by atoms with Crippen LogP contribution in [-0.4, -0.2) is 39.5 Å². The Balaban J connectivity index is 2.20. The molecule has 9 heteroatoms. The van der Waals surface area contributed by atoms with Crippen LogP contribution in [0.2, 0.25) is 0 Å². The maximum atomic E-state index is 14.0. The third kappa shape index (κ3) is 4.36. The summed E-state index contributed by atoms with van der Waals surface area (Å²) in [6.07, 6.45) is 1.20. The van der Waals surface area contributed by atoms with Gasteiger partial charge in [-0.3, -0.25) is 4.79 Å². The van der Waals surface area contributed by atoms with Crippen molar-refractivity contribution in [2.75, 3.05) is 19.0 Å². The lowest BCUT2D eigenvalue weighted by Crippen LogP contribution is -2.26. The molecule has 8 nitrogen and oxygen atoms in total. The second-order valence-electron chi connectivity index (χ2n) is 7.44. The maximum Gasteiger partial charge on any atom is 0.341 e. The van der Waals surface area contributed by atoms with Crippen molar-refractivity contribution in [1.82, 2.24) is 9.55 Å². The predicted octanol–water partition coefficient (Wildman–Crippen LogP) is 3.04. The molecule has 2 aromatic heterocycles. The molecule has 0 saturated heterocycles. The van der Waals surface area contributed by atoms with E-state index in [-0.39, 0.29) is 41.8 Å². The number of carboxylic acid groups (broad SMARTS) is 1. The molecule has 0 aliphatic rings. The van der Waals surface area contributed by atoms with E-state index in [1.165, 1.54) is 30.0 Å². The molecule has 0 bridgehead atoms. The van der Waals surface area contributed by atoms with Gasteiger partial charge in [-0.05, 0) is 18.1 Å². The number of pyridine rings is 2. The molecule has 0 radical (unpaired) electrons. The van der Waals surface area contributed by atoms with Crippen molar-refractivity contribution >= 4 is 22.7 Å². The van der Waals surface area contributed by atoms with Crippen molar-refractivity contribution in [2.24, 2.45) is 5.92 Å². The van der Waals surface area contributed by atoms with Gasteiger partial charge in [0, 0.05) is 18.3 Å². The number of rotatable bonds is 8. The van der Waals surface area contributed by atoms with E-state index in [0.717, 1.165) is 0 Å². The zero-order valence-electron chi connectivity index (χ0n) is 17.4. The summed E-state index contributed by atoms with van der Waals surface area (Å²) in [5.41, 5.74) is -0.228. The molecule has 0 spiro atoms. The van der Waals surface area contributed by atoms with Crippen LogP contribution in [0.5, 0.6) is 5.88 Å². The number of aliphatic hydroxyl groups excluding tert-OH is 1. The van der Waals surface area contributed by atoms with E-state index in [1.807, 2.05) is 13.8 Å². The lowest BCUT2D eigenvalue weighted by molar-refractivity contribution is 0.0694. The van der Waals surface area contributed by atoms with Crippen LogP contribution in [0.4, 0.5) is 10.1 Å². The Labute approximate surface area is 177 Å². The number of aliphatic hydroxyl groups is 1. The number of benzene rings is 1. The highest BCUT2D eigenvalue weighted by molar-refractivity contribution is 5.93. The van der Waals surface area contributed by atoms with Gasteiger partial charge in [-0.15, -0.1) is 0 Å². The van der Waals surface area contributed by atoms with Crippen molar-refractivity contribution in [3.05, 3.63) is 63.7 Å². The van der Waals surface area contributed by atoms with E-state index in [0.29, 0.717) is 11.3 Å².